The van der Waals surface area contributed by atoms with Gasteiger partial charge in [0.15, 0.2) is 0 Å². The number of halogens is 2. The molecule has 0 aliphatic carbocycles. The number of nitriles is 2. The summed E-state index contributed by atoms with van der Waals surface area (Å²) in [6.07, 6.45) is 0. The molecule has 56 valence electrons. The summed E-state index contributed by atoms with van der Waals surface area (Å²) in [4.78, 5) is 0. The van der Waals surface area contributed by atoms with Gasteiger partial charge in [-0.1, -0.05) is 0 Å². The van der Waals surface area contributed by atoms with Crippen LogP contribution in [0.5, 0.6) is 0 Å². The molecule has 0 aromatic heterocycles. The van der Waals surface area contributed by atoms with E-state index in [2.05, 4.69) is 26.9 Å². The average Bonchev–Trinajstić information content (AvgIpc) is 1.70. The van der Waals surface area contributed by atoms with Crippen molar-refractivity contribution in [3.8, 4) is 12.1 Å². The summed E-state index contributed by atoms with van der Waals surface area (Å²) in [5, 5.41) is 14.6. The normalized spacial score (nSPS) is 4.22. The van der Waals surface area contributed by atoms with E-state index in [1.165, 1.54) is 13.8 Å². The molecule has 0 rings (SSSR count). The molecule has 0 saturated heterocycles. The van der Waals surface area contributed by atoms with Crippen LogP contribution in [0.3, 0.4) is 0 Å². The molecule has 0 aliphatic rings. The Labute approximate surface area is 76.8 Å². The van der Waals surface area contributed by atoms with E-state index in [9.17, 15) is 0 Å². The minimum absolute atomic E-state index is 0.575. The standard InChI is InChI=1S/2C2H3N.2BrH.Pd/c2*1-2-3;;;/h2*1H3;2*1H;/q;;;;+2/p-2. The van der Waals surface area contributed by atoms with Crippen LogP contribution in [0, 0.1) is 22.7 Å². The zero-order chi connectivity index (χ0) is 8.12. The molecule has 0 spiro atoms. The Kier molecular flexibility index (Phi) is 69.4. The monoisotopic (exact) mass is 346 g/mol. The van der Waals surface area contributed by atoms with Gasteiger partial charge in [0.1, 0.15) is 0 Å². The van der Waals surface area contributed by atoms with E-state index in [1.54, 1.807) is 12.1 Å². The predicted octanol–water partition coefficient (Wildman–Crippen LogP) is 2.75. The van der Waals surface area contributed by atoms with Gasteiger partial charge in [-0.05, 0) is 0 Å². The molecule has 0 atom stereocenters. The van der Waals surface area contributed by atoms with Gasteiger partial charge in [-0.25, -0.2) is 0 Å². The van der Waals surface area contributed by atoms with Crippen molar-refractivity contribution >= 4 is 26.9 Å². The summed E-state index contributed by atoms with van der Waals surface area (Å²) in [7, 11) is 0. The number of hydrogen-bond acceptors (Lipinski definition) is 2. The third kappa shape index (κ3) is 1030. The molecule has 0 radical (unpaired) electrons. The van der Waals surface area contributed by atoms with Gasteiger partial charge in [-0.15, -0.1) is 0 Å². The Bertz CT molecular complexity index is 81.7. The van der Waals surface area contributed by atoms with E-state index < -0.39 is 0 Å². The van der Waals surface area contributed by atoms with Gasteiger partial charge < -0.3 is 0 Å². The third-order valence-electron chi connectivity index (χ3n) is 0. The summed E-state index contributed by atoms with van der Waals surface area (Å²) in [6, 6.07) is 3.50. The van der Waals surface area contributed by atoms with E-state index in [0.717, 1.165) is 0 Å². The van der Waals surface area contributed by atoms with E-state index in [4.69, 9.17) is 10.5 Å². The topological polar surface area (TPSA) is 47.6 Å². The quantitative estimate of drug-likeness (QED) is 0.632. The molecule has 0 amide bonds. The molecular weight excluding hydrogens is 342 g/mol. The van der Waals surface area contributed by atoms with Gasteiger partial charge in [-0.2, -0.15) is 10.5 Å². The van der Waals surface area contributed by atoms with E-state index in [0.29, 0.717) is 13.9 Å². The number of rotatable bonds is 0. The molecule has 0 fully saturated rings. The molecule has 0 N–H and O–H groups in total. The molecule has 2 nitrogen and oxygen atoms in total. The van der Waals surface area contributed by atoms with E-state index in [-0.39, 0.29) is 0 Å². The number of nitrogens with zero attached hydrogens (tertiary/aromatic N) is 2. The average molecular weight is 348 g/mol. The van der Waals surface area contributed by atoms with Gasteiger partial charge in [0.25, 0.3) is 0 Å². The van der Waals surface area contributed by atoms with Gasteiger partial charge in [0, 0.05) is 13.8 Å². The van der Waals surface area contributed by atoms with Crippen LogP contribution < -0.4 is 0 Å². The Balaban J connectivity index is -0.0000000600. The van der Waals surface area contributed by atoms with Crippen LogP contribution in [-0.4, -0.2) is 0 Å². The second kappa shape index (κ2) is 38.3. The van der Waals surface area contributed by atoms with Crippen molar-refractivity contribution in [1.29, 1.82) is 10.5 Å². The molecule has 9 heavy (non-hydrogen) atoms. The first-order valence-electron chi connectivity index (χ1n) is 1.69. The molecule has 0 unspecified atom stereocenters. The van der Waals surface area contributed by atoms with Crippen molar-refractivity contribution in [2.45, 2.75) is 13.8 Å². The van der Waals surface area contributed by atoms with Crippen molar-refractivity contribution < 1.29 is 13.9 Å². The molecule has 0 heterocycles. The van der Waals surface area contributed by atoms with Crippen molar-refractivity contribution in [1.82, 2.24) is 0 Å². The molecule has 0 aliphatic heterocycles. The summed E-state index contributed by atoms with van der Waals surface area (Å²) in [6.45, 7) is 2.86. The van der Waals surface area contributed by atoms with Gasteiger partial charge in [0.2, 0.25) is 0 Å². The van der Waals surface area contributed by atoms with Crippen molar-refractivity contribution in [3.63, 3.8) is 0 Å². The molecule has 5 heteroatoms. The van der Waals surface area contributed by atoms with Crippen LogP contribution in [0.1, 0.15) is 13.8 Å². The molecule has 0 bridgehead atoms. The first-order chi connectivity index (χ1) is 4.24. The van der Waals surface area contributed by atoms with Crippen molar-refractivity contribution in [2.75, 3.05) is 0 Å². The molecular formula is C4H6Br2N2Pd. The predicted molar refractivity (Wildman–Crippen MR) is 40.4 cm³/mol. The second-order valence-electron chi connectivity index (χ2n) is 0.492. The van der Waals surface area contributed by atoms with Gasteiger partial charge in [0.05, 0.1) is 12.1 Å². The fraction of sp³-hybridized carbons (Fsp3) is 0.500. The van der Waals surface area contributed by atoms with Crippen LogP contribution in [-0.2, 0) is 13.9 Å². The van der Waals surface area contributed by atoms with Gasteiger partial charge >= 0.3 is 40.8 Å². The molecule has 0 aromatic rings. The zero-order valence-electron chi connectivity index (χ0n) is 4.97. The Hall–Kier alpha value is 0.602. The first kappa shape index (κ1) is 16.3. The zero-order valence-corrected chi connectivity index (χ0v) is 9.69. The molecule has 0 aromatic carbocycles. The maximum atomic E-state index is 7.32. The van der Waals surface area contributed by atoms with Crippen molar-refractivity contribution in [3.05, 3.63) is 0 Å². The number of hydrogen-bond donors (Lipinski definition) is 0. The van der Waals surface area contributed by atoms with Crippen LogP contribution >= 0.6 is 26.9 Å². The summed E-state index contributed by atoms with van der Waals surface area (Å²) >= 11 is 6.80. The molecule has 0 saturated carbocycles. The summed E-state index contributed by atoms with van der Waals surface area (Å²) < 4.78 is 0. The Morgan fingerprint density at radius 3 is 1.11 bits per heavy atom. The van der Waals surface area contributed by atoms with Crippen LogP contribution in [0.25, 0.3) is 0 Å². The van der Waals surface area contributed by atoms with Crippen molar-refractivity contribution in [2.24, 2.45) is 0 Å². The summed E-state index contributed by atoms with van der Waals surface area (Å²) in [5.74, 6) is 0. The van der Waals surface area contributed by atoms with E-state index in [1.807, 2.05) is 0 Å². The third-order valence-corrected chi connectivity index (χ3v) is 0. The Morgan fingerprint density at radius 2 is 1.11 bits per heavy atom. The van der Waals surface area contributed by atoms with Crippen LogP contribution in [0.4, 0.5) is 0 Å². The van der Waals surface area contributed by atoms with Crippen LogP contribution in [0.15, 0.2) is 0 Å². The SMILES string of the molecule is CC#N.CC#N.[Br][Pd][Br]. The van der Waals surface area contributed by atoms with Crippen LogP contribution in [0.2, 0.25) is 0 Å². The minimum atomic E-state index is 0.575. The summed E-state index contributed by atoms with van der Waals surface area (Å²) in [5.41, 5.74) is 0. The maximum absolute atomic E-state index is 7.32. The van der Waals surface area contributed by atoms with Gasteiger partial charge in [-0.3, -0.25) is 0 Å². The first-order valence-corrected chi connectivity index (χ1v) is 8.80. The Morgan fingerprint density at radius 1 is 1.11 bits per heavy atom. The second-order valence-corrected chi connectivity index (χ2v) is 7.66. The van der Waals surface area contributed by atoms with E-state index >= 15 is 0 Å². The fourth-order valence-electron chi connectivity index (χ4n) is 0. The fourth-order valence-corrected chi connectivity index (χ4v) is 0.